The van der Waals surface area contributed by atoms with Crippen molar-refractivity contribution in [1.82, 2.24) is 0 Å². The molecule has 0 aliphatic heterocycles. The van der Waals surface area contributed by atoms with Crippen LogP contribution >= 0.6 is 0 Å². The second kappa shape index (κ2) is 15.2. The van der Waals surface area contributed by atoms with Crippen molar-refractivity contribution >= 4 is 6.29 Å². The van der Waals surface area contributed by atoms with E-state index in [2.05, 4.69) is 13.8 Å². The van der Waals surface area contributed by atoms with Crippen molar-refractivity contribution in [3.8, 4) is 0 Å². The van der Waals surface area contributed by atoms with Crippen molar-refractivity contribution in [2.75, 3.05) is 13.4 Å². The molecule has 0 aromatic carbocycles. The smallest absolute Gasteiger partial charge is 0.189 e. The molecule has 3 heteroatoms. The Balaban J connectivity index is 3.47. The van der Waals surface area contributed by atoms with Crippen LogP contribution in [0.2, 0.25) is 0 Å². The Morgan fingerprint density at radius 1 is 0.947 bits per heavy atom. The maximum atomic E-state index is 10.8. The first kappa shape index (κ1) is 18.2. The molecular formula is C16H30O3. The molecule has 19 heavy (non-hydrogen) atoms. The minimum atomic E-state index is 0.186. The predicted octanol–water partition coefficient (Wildman–Crippen LogP) is 4.61. The van der Waals surface area contributed by atoms with Gasteiger partial charge in [0.1, 0.15) is 0 Å². The van der Waals surface area contributed by atoms with E-state index in [9.17, 15) is 4.79 Å². The van der Waals surface area contributed by atoms with Crippen LogP contribution in [0.5, 0.6) is 0 Å². The number of aldehydes is 1. The van der Waals surface area contributed by atoms with Gasteiger partial charge >= 0.3 is 0 Å². The molecule has 0 N–H and O–H groups in total. The van der Waals surface area contributed by atoms with Crippen molar-refractivity contribution in [1.29, 1.82) is 0 Å². The van der Waals surface area contributed by atoms with E-state index >= 15 is 0 Å². The molecule has 0 amide bonds. The van der Waals surface area contributed by atoms with Crippen LogP contribution in [-0.2, 0) is 14.3 Å². The zero-order valence-corrected chi connectivity index (χ0v) is 12.7. The van der Waals surface area contributed by atoms with Crippen molar-refractivity contribution < 1.29 is 14.3 Å². The number of allylic oxidation sites excluding steroid dienone is 2. The lowest BCUT2D eigenvalue weighted by atomic mass is 10.1. The van der Waals surface area contributed by atoms with E-state index in [0.717, 1.165) is 25.5 Å². The molecule has 0 aromatic heterocycles. The summed E-state index contributed by atoms with van der Waals surface area (Å²) in [6, 6.07) is 0. The lowest BCUT2D eigenvalue weighted by Gasteiger charge is -2.06. The monoisotopic (exact) mass is 270 g/mol. The highest BCUT2D eigenvalue weighted by Crippen LogP contribution is 2.06. The van der Waals surface area contributed by atoms with E-state index in [-0.39, 0.29) is 6.79 Å². The standard InChI is InChI=1S/C16H30O3/c1-3-5-7-9-10-12-16(14-17)19-15-18-13-11-8-6-4-2/h12,14H,3-11,13,15H2,1-2H3. The summed E-state index contributed by atoms with van der Waals surface area (Å²) in [7, 11) is 0. The molecule has 0 fully saturated rings. The zero-order valence-electron chi connectivity index (χ0n) is 12.7. The van der Waals surface area contributed by atoms with E-state index in [1.54, 1.807) is 0 Å². The molecule has 3 nitrogen and oxygen atoms in total. The van der Waals surface area contributed by atoms with Gasteiger partial charge in [-0.05, 0) is 25.3 Å². The summed E-state index contributed by atoms with van der Waals surface area (Å²) in [5.74, 6) is 0.407. The van der Waals surface area contributed by atoms with E-state index in [1.807, 2.05) is 6.08 Å². The van der Waals surface area contributed by atoms with Crippen LogP contribution < -0.4 is 0 Å². The first-order valence-electron chi connectivity index (χ1n) is 7.71. The molecule has 0 radical (unpaired) electrons. The normalized spacial score (nSPS) is 11.6. The number of ether oxygens (including phenoxy) is 2. The zero-order chi connectivity index (χ0) is 14.2. The van der Waals surface area contributed by atoms with Gasteiger partial charge in [0.15, 0.2) is 18.8 Å². The third kappa shape index (κ3) is 13.4. The van der Waals surface area contributed by atoms with Gasteiger partial charge in [0.05, 0.1) is 6.61 Å². The highest BCUT2D eigenvalue weighted by atomic mass is 16.7. The Labute approximate surface area is 118 Å². The van der Waals surface area contributed by atoms with Gasteiger partial charge in [0.25, 0.3) is 0 Å². The minimum Gasteiger partial charge on any atom is -0.464 e. The van der Waals surface area contributed by atoms with Gasteiger partial charge in [-0.3, -0.25) is 4.79 Å². The van der Waals surface area contributed by atoms with Crippen molar-refractivity contribution in [2.24, 2.45) is 0 Å². The van der Waals surface area contributed by atoms with Crippen molar-refractivity contribution in [3.05, 3.63) is 11.8 Å². The lowest BCUT2D eigenvalue weighted by molar-refractivity contribution is -0.111. The van der Waals surface area contributed by atoms with E-state index in [4.69, 9.17) is 9.47 Å². The Morgan fingerprint density at radius 3 is 2.26 bits per heavy atom. The van der Waals surface area contributed by atoms with E-state index in [1.165, 1.54) is 38.5 Å². The minimum absolute atomic E-state index is 0.186. The van der Waals surface area contributed by atoms with Gasteiger partial charge in [-0.1, -0.05) is 52.4 Å². The second-order valence-corrected chi connectivity index (χ2v) is 4.80. The third-order valence-corrected chi connectivity index (χ3v) is 2.97. The summed E-state index contributed by atoms with van der Waals surface area (Å²) in [5, 5.41) is 0. The molecule has 0 atom stereocenters. The molecule has 0 spiro atoms. The lowest BCUT2D eigenvalue weighted by Crippen LogP contribution is -2.02. The Kier molecular flexibility index (Phi) is 14.6. The van der Waals surface area contributed by atoms with Crippen molar-refractivity contribution in [3.63, 3.8) is 0 Å². The van der Waals surface area contributed by atoms with Crippen LogP contribution in [0.1, 0.15) is 71.6 Å². The van der Waals surface area contributed by atoms with Crippen LogP contribution in [-0.4, -0.2) is 19.7 Å². The molecular weight excluding hydrogens is 240 g/mol. The number of carbonyl (C=O) groups is 1. The SMILES string of the molecule is CCCCCCC=C(C=O)OCOCCCCCC. The summed E-state index contributed by atoms with van der Waals surface area (Å²) in [4.78, 5) is 10.8. The first-order chi connectivity index (χ1) is 9.35. The highest BCUT2D eigenvalue weighted by Gasteiger charge is 1.96. The number of hydrogen-bond acceptors (Lipinski definition) is 3. The second-order valence-electron chi connectivity index (χ2n) is 4.80. The fourth-order valence-electron chi connectivity index (χ4n) is 1.76. The van der Waals surface area contributed by atoms with Gasteiger partial charge in [0.2, 0.25) is 0 Å². The van der Waals surface area contributed by atoms with E-state index in [0.29, 0.717) is 12.4 Å². The van der Waals surface area contributed by atoms with Gasteiger partial charge in [-0.15, -0.1) is 0 Å². The summed E-state index contributed by atoms with van der Waals surface area (Å²) in [6.07, 6.45) is 13.1. The average molecular weight is 270 g/mol. The summed E-state index contributed by atoms with van der Waals surface area (Å²) in [5.41, 5.74) is 0. The molecule has 0 heterocycles. The number of unbranched alkanes of at least 4 members (excludes halogenated alkanes) is 7. The fourth-order valence-corrected chi connectivity index (χ4v) is 1.76. The fraction of sp³-hybridized carbons (Fsp3) is 0.812. The molecule has 0 aliphatic carbocycles. The van der Waals surface area contributed by atoms with Crippen LogP contribution in [0.3, 0.4) is 0 Å². The topological polar surface area (TPSA) is 35.5 Å². The highest BCUT2D eigenvalue weighted by molar-refractivity contribution is 5.69. The summed E-state index contributed by atoms with van der Waals surface area (Å²) >= 11 is 0. The van der Waals surface area contributed by atoms with Gasteiger partial charge in [-0.2, -0.15) is 0 Å². The molecule has 0 bridgehead atoms. The van der Waals surface area contributed by atoms with Gasteiger partial charge < -0.3 is 9.47 Å². The molecule has 0 aliphatic rings. The Morgan fingerprint density at radius 2 is 1.63 bits per heavy atom. The van der Waals surface area contributed by atoms with Crippen molar-refractivity contribution in [2.45, 2.75) is 71.6 Å². The predicted molar refractivity (Wildman–Crippen MR) is 79.0 cm³/mol. The van der Waals surface area contributed by atoms with Crippen LogP contribution in [0.15, 0.2) is 11.8 Å². The summed E-state index contributed by atoms with van der Waals surface area (Å²) in [6.45, 7) is 5.27. The summed E-state index contributed by atoms with van der Waals surface area (Å²) < 4.78 is 10.6. The third-order valence-electron chi connectivity index (χ3n) is 2.97. The number of hydrogen-bond donors (Lipinski definition) is 0. The van der Waals surface area contributed by atoms with E-state index < -0.39 is 0 Å². The van der Waals surface area contributed by atoms with Crippen LogP contribution in [0.25, 0.3) is 0 Å². The maximum absolute atomic E-state index is 10.8. The average Bonchev–Trinajstić information content (AvgIpc) is 2.44. The Hall–Kier alpha value is -0.830. The Bertz CT molecular complexity index is 224. The molecule has 0 rings (SSSR count). The maximum Gasteiger partial charge on any atom is 0.189 e. The quantitative estimate of drug-likeness (QED) is 0.152. The number of carbonyl (C=O) groups excluding carboxylic acids is 1. The molecule has 112 valence electrons. The molecule has 0 saturated heterocycles. The molecule has 0 unspecified atom stereocenters. The number of rotatable bonds is 14. The first-order valence-corrected chi connectivity index (χ1v) is 7.71. The van der Waals surface area contributed by atoms with Crippen LogP contribution in [0, 0.1) is 0 Å². The molecule has 0 saturated carbocycles. The largest absolute Gasteiger partial charge is 0.464 e. The molecule has 0 aromatic rings. The van der Waals surface area contributed by atoms with Gasteiger partial charge in [-0.25, -0.2) is 0 Å². The van der Waals surface area contributed by atoms with Gasteiger partial charge in [0, 0.05) is 0 Å². The van der Waals surface area contributed by atoms with Crippen LogP contribution in [0.4, 0.5) is 0 Å².